The first-order valence-corrected chi connectivity index (χ1v) is 10.6. The molecular formula is C27H23N3O3. The largest absolute Gasteiger partial charge is 0.504 e. The van der Waals surface area contributed by atoms with Crippen molar-refractivity contribution in [1.29, 1.82) is 0 Å². The molecule has 164 valence electrons. The zero-order valence-electron chi connectivity index (χ0n) is 18.6. The van der Waals surface area contributed by atoms with Gasteiger partial charge in [-0.3, -0.25) is 5.43 Å². The standard InChI is InChI=1S/C27H23N3O3/c1-16-12-17(2)27-20(13-16)22(15-24(33-27)19-8-10-23(31)25(14-19)32-3)29-30-26-11-9-18-6-4-5-7-21(18)28-26/h4-15,31H,1-3H3,(H,28,30)/b29-22+. The van der Waals surface area contributed by atoms with E-state index in [2.05, 4.69) is 27.6 Å². The molecule has 6 heteroatoms. The summed E-state index contributed by atoms with van der Waals surface area (Å²) >= 11 is 0. The van der Waals surface area contributed by atoms with Crippen LogP contribution in [-0.4, -0.2) is 17.2 Å². The lowest BCUT2D eigenvalue weighted by atomic mass is 10.1. The lowest BCUT2D eigenvalue weighted by Gasteiger charge is -2.10. The average Bonchev–Trinajstić information content (AvgIpc) is 2.83. The Labute approximate surface area is 190 Å². The molecule has 0 saturated heterocycles. The molecule has 3 aromatic carbocycles. The van der Waals surface area contributed by atoms with E-state index in [1.807, 2.05) is 56.3 Å². The molecule has 0 saturated carbocycles. The fourth-order valence-electron chi connectivity index (χ4n) is 3.93. The number of anilines is 1. The van der Waals surface area contributed by atoms with Crippen molar-refractivity contribution in [3.8, 4) is 22.8 Å². The second kappa shape index (κ2) is 8.31. The Morgan fingerprint density at radius 2 is 1.82 bits per heavy atom. The van der Waals surface area contributed by atoms with Crippen LogP contribution < -0.4 is 15.5 Å². The minimum atomic E-state index is 0.0720. The predicted molar refractivity (Wildman–Crippen MR) is 130 cm³/mol. The van der Waals surface area contributed by atoms with Gasteiger partial charge in [0.05, 0.1) is 18.0 Å². The van der Waals surface area contributed by atoms with Crippen LogP contribution in [0.4, 0.5) is 5.82 Å². The summed E-state index contributed by atoms with van der Waals surface area (Å²) in [5, 5.41) is 17.4. The number of pyridine rings is 1. The molecule has 6 nitrogen and oxygen atoms in total. The van der Waals surface area contributed by atoms with Crippen molar-refractivity contribution in [3.05, 3.63) is 89.3 Å². The van der Waals surface area contributed by atoms with Crippen LogP contribution in [0.25, 0.3) is 33.2 Å². The Kier molecular flexibility index (Phi) is 5.18. The molecule has 2 aromatic heterocycles. The second-order valence-electron chi connectivity index (χ2n) is 7.95. The number of phenols is 1. The van der Waals surface area contributed by atoms with E-state index in [9.17, 15) is 5.11 Å². The van der Waals surface area contributed by atoms with E-state index in [-0.39, 0.29) is 5.75 Å². The van der Waals surface area contributed by atoms with E-state index in [0.717, 1.165) is 43.9 Å². The molecule has 33 heavy (non-hydrogen) atoms. The van der Waals surface area contributed by atoms with E-state index < -0.39 is 0 Å². The van der Waals surface area contributed by atoms with Crippen LogP contribution in [0.3, 0.4) is 0 Å². The third kappa shape index (κ3) is 3.99. The molecule has 0 aliphatic heterocycles. The molecule has 2 heterocycles. The van der Waals surface area contributed by atoms with Crippen molar-refractivity contribution in [1.82, 2.24) is 4.98 Å². The van der Waals surface area contributed by atoms with Gasteiger partial charge in [0.2, 0.25) is 0 Å². The first-order chi connectivity index (χ1) is 16.0. The van der Waals surface area contributed by atoms with Crippen LogP contribution in [0.1, 0.15) is 11.1 Å². The Hall–Kier alpha value is -4.32. The van der Waals surface area contributed by atoms with Gasteiger partial charge in [-0.1, -0.05) is 24.3 Å². The maximum absolute atomic E-state index is 9.98. The Balaban J connectivity index is 1.67. The highest BCUT2D eigenvalue weighted by atomic mass is 16.5. The molecule has 0 fully saturated rings. The van der Waals surface area contributed by atoms with E-state index in [1.54, 1.807) is 18.2 Å². The first kappa shape index (κ1) is 20.6. The van der Waals surface area contributed by atoms with Gasteiger partial charge >= 0.3 is 0 Å². The highest BCUT2D eigenvalue weighted by molar-refractivity contribution is 5.83. The summed E-state index contributed by atoms with van der Waals surface area (Å²) in [5.74, 6) is 1.71. The smallest absolute Gasteiger partial charge is 0.161 e. The minimum Gasteiger partial charge on any atom is -0.504 e. The summed E-state index contributed by atoms with van der Waals surface area (Å²) in [4.78, 5) is 4.65. The van der Waals surface area contributed by atoms with Gasteiger partial charge in [0.25, 0.3) is 0 Å². The van der Waals surface area contributed by atoms with Gasteiger partial charge in [-0.25, -0.2) is 4.98 Å². The number of para-hydroxylation sites is 1. The number of methoxy groups -OCH3 is 1. The fraction of sp³-hybridized carbons (Fsp3) is 0.111. The van der Waals surface area contributed by atoms with Crippen LogP contribution in [0.2, 0.25) is 0 Å². The molecule has 0 aliphatic carbocycles. The molecule has 0 bridgehead atoms. The summed E-state index contributed by atoms with van der Waals surface area (Å²) in [5.41, 5.74) is 7.65. The fourth-order valence-corrected chi connectivity index (χ4v) is 3.93. The van der Waals surface area contributed by atoms with Crippen molar-refractivity contribution in [2.45, 2.75) is 13.8 Å². The molecule has 0 unspecified atom stereocenters. The summed E-state index contributed by atoms with van der Waals surface area (Å²) in [6.07, 6.45) is 0. The topological polar surface area (TPSA) is 79.9 Å². The summed E-state index contributed by atoms with van der Waals surface area (Å²) < 4.78 is 11.6. The Morgan fingerprint density at radius 3 is 2.67 bits per heavy atom. The lowest BCUT2D eigenvalue weighted by molar-refractivity contribution is 0.373. The Bertz CT molecular complexity index is 1570. The number of hydrogen-bond donors (Lipinski definition) is 2. The second-order valence-corrected chi connectivity index (χ2v) is 7.95. The number of ether oxygens (including phenoxy) is 1. The summed E-state index contributed by atoms with van der Waals surface area (Å²) in [6.45, 7) is 4.06. The summed E-state index contributed by atoms with van der Waals surface area (Å²) in [6, 6.07) is 23.0. The van der Waals surface area contributed by atoms with Gasteiger partial charge in [-0.05, 0) is 67.4 Å². The number of hydrogen-bond acceptors (Lipinski definition) is 6. The predicted octanol–water partition coefficient (Wildman–Crippen LogP) is 5.91. The number of rotatable bonds is 4. The summed E-state index contributed by atoms with van der Waals surface area (Å²) in [7, 11) is 1.52. The number of fused-ring (bicyclic) bond motifs is 2. The van der Waals surface area contributed by atoms with Crippen LogP contribution >= 0.6 is 0 Å². The van der Waals surface area contributed by atoms with E-state index in [0.29, 0.717) is 17.3 Å². The van der Waals surface area contributed by atoms with E-state index in [4.69, 9.17) is 9.15 Å². The number of nitrogens with zero attached hydrogens (tertiary/aromatic N) is 2. The first-order valence-electron chi connectivity index (χ1n) is 10.6. The number of aromatic nitrogens is 1. The normalized spacial score (nSPS) is 11.8. The zero-order valence-corrected chi connectivity index (χ0v) is 18.6. The molecule has 0 aliphatic rings. The molecule has 0 spiro atoms. The van der Waals surface area contributed by atoms with Crippen LogP contribution in [0.15, 0.2) is 82.3 Å². The van der Waals surface area contributed by atoms with Crippen molar-refractivity contribution in [2.24, 2.45) is 5.10 Å². The number of aryl methyl sites for hydroxylation is 2. The van der Waals surface area contributed by atoms with Gasteiger partial charge in [0.15, 0.2) is 11.5 Å². The molecule has 5 aromatic rings. The van der Waals surface area contributed by atoms with Crippen molar-refractivity contribution in [2.75, 3.05) is 12.5 Å². The monoisotopic (exact) mass is 437 g/mol. The lowest BCUT2D eigenvalue weighted by Crippen LogP contribution is -2.09. The molecular weight excluding hydrogens is 414 g/mol. The van der Waals surface area contributed by atoms with Crippen molar-refractivity contribution < 1.29 is 14.3 Å². The Morgan fingerprint density at radius 1 is 0.970 bits per heavy atom. The number of aromatic hydroxyl groups is 1. The molecule has 2 N–H and O–H groups in total. The van der Waals surface area contributed by atoms with Crippen LogP contribution in [0.5, 0.6) is 11.5 Å². The molecule has 5 rings (SSSR count). The van der Waals surface area contributed by atoms with Crippen LogP contribution in [-0.2, 0) is 0 Å². The van der Waals surface area contributed by atoms with E-state index >= 15 is 0 Å². The average molecular weight is 437 g/mol. The molecule has 0 amide bonds. The zero-order chi connectivity index (χ0) is 22.9. The third-order valence-electron chi connectivity index (χ3n) is 5.53. The van der Waals surface area contributed by atoms with Crippen molar-refractivity contribution >= 4 is 27.7 Å². The molecule has 0 atom stereocenters. The number of phenolic OH excluding ortho intramolecular Hbond substituents is 1. The third-order valence-corrected chi connectivity index (χ3v) is 5.53. The SMILES string of the molecule is COc1cc(-c2c/c(=N\Nc3ccc4ccccc4n3)c3cc(C)cc(C)c3o2)ccc1O. The van der Waals surface area contributed by atoms with Crippen LogP contribution in [0, 0.1) is 13.8 Å². The van der Waals surface area contributed by atoms with Gasteiger partial charge < -0.3 is 14.3 Å². The highest BCUT2D eigenvalue weighted by Crippen LogP contribution is 2.32. The highest BCUT2D eigenvalue weighted by Gasteiger charge is 2.11. The quantitative estimate of drug-likeness (QED) is 0.342. The van der Waals surface area contributed by atoms with Gasteiger partial charge in [0.1, 0.15) is 17.2 Å². The van der Waals surface area contributed by atoms with Gasteiger partial charge in [0, 0.05) is 22.4 Å². The number of benzene rings is 3. The van der Waals surface area contributed by atoms with Gasteiger partial charge in [-0.2, -0.15) is 5.10 Å². The van der Waals surface area contributed by atoms with Crippen molar-refractivity contribution in [3.63, 3.8) is 0 Å². The minimum absolute atomic E-state index is 0.0720. The maximum Gasteiger partial charge on any atom is 0.161 e. The van der Waals surface area contributed by atoms with E-state index in [1.165, 1.54) is 7.11 Å². The van der Waals surface area contributed by atoms with Gasteiger partial charge in [-0.15, -0.1) is 0 Å². The number of nitrogens with one attached hydrogen (secondary N) is 1. The maximum atomic E-state index is 9.98. The molecule has 0 radical (unpaired) electrons.